The first-order valence-electron chi connectivity index (χ1n) is 6.00. The summed E-state index contributed by atoms with van der Waals surface area (Å²) in [6, 6.07) is -0.876. The number of carboxylic acid groups (broad SMARTS) is 1. The van der Waals surface area contributed by atoms with Crippen molar-refractivity contribution in [2.75, 3.05) is 13.7 Å². The molecule has 0 aromatic rings. The lowest BCUT2D eigenvalue weighted by Crippen LogP contribution is -2.52. The van der Waals surface area contributed by atoms with Gasteiger partial charge >= 0.3 is 12.1 Å². The van der Waals surface area contributed by atoms with Gasteiger partial charge in [0, 0.05) is 20.1 Å². The summed E-state index contributed by atoms with van der Waals surface area (Å²) >= 11 is 0. The molecule has 104 valence electrons. The largest absolute Gasteiger partial charge is 0.480 e. The number of carbonyl (C=O) groups is 2. The predicted octanol–water partition coefficient (Wildman–Crippen LogP) is 1.49. The molecule has 0 aliphatic carbocycles. The highest BCUT2D eigenvalue weighted by Crippen LogP contribution is 2.22. The summed E-state index contributed by atoms with van der Waals surface area (Å²) in [6.45, 7) is 5.60. The molecule has 6 heteroatoms. The average Bonchev–Trinajstić information content (AvgIpc) is 2.25. The molecule has 1 heterocycles. The Hall–Kier alpha value is -1.30. The van der Waals surface area contributed by atoms with Crippen LogP contribution in [0.3, 0.4) is 0 Å². The maximum absolute atomic E-state index is 11.9. The average molecular weight is 259 g/mol. The van der Waals surface area contributed by atoms with Crippen molar-refractivity contribution >= 4 is 12.1 Å². The molecule has 1 rings (SSSR count). The van der Waals surface area contributed by atoms with Crippen molar-refractivity contribution < 1.29 is 24.2 Å². The van der Waals surface area contributed by atoms with Gasteiger partial charge in [-0.05, 0) is 27.2 Å². The number of carbonyl (C=O) groups excluding carboxylic acids is 1. The van der Waals surface area contributed by atoms with Gasteiger partial charge in [0.1, 0.15) is 11.6 Å². The van der Waals surface area contributed by atoms with Gasteiger partial charge in [-0.2, -0.15) is 0 Å². The molecule has 1 fully saturated rings. The van der Waals surface area contributed by atoms with E-state index in [2.05, 4.69) is 0 Å². The maximum atomic E-state index is 11.9. The van der Waals surface area contributed by atoms with Crippen LogP contribution in [0.15, 0.2) is 0 Å². The Bertz CT molecular complexity index is 323. The normalized spacial score (nSPS) is 24.8. The molecular weight excluding hydrogens is 238 g/mol. The molecule has 0 aromatic carbocycles. The molecule has 1 saturated heterocycles. The SMILES string of the molecule is CO[C@H]1CCN(C(=O)OC(C)(C)C)[C@H](C(=O)O)C1. The standard InChI is InChI=1S/C12H21NO5/c1-12(2,3)18-11(16)13-6-5-8(17-4)7-9(13)10(14)15/h8-9H,5-7H2,1-4H3,(H,14,15)/t8-,9-/m0/s1. The van der Waals surface area contributed by atoms with E-state index < -0.39 is 23.7 Å². The number of aliphatic carboxylic acids is 1. The van der Waals surface area contributed by atoms with Gasteiger partial charge < -0.3 is 14.6 Å². The minimum atomic E-state index is -1.03. The number of rotatable bonds is 2. The molecule has 1 aliphatic rings. The second-order valence-corrected chi connectivity index (χ2v) is 5.41. The second kappa shape index (κ2) is 5.56. The van der Waals surface area contributed by atoms with Crippen molar-refractivity contribution in [3.63, 3.8) is 0 Å². The minimum absolute atomic E-state index is 0.121. The van der Waals surface area contributed by atoms with Gasteiger partial charge in [-0.15, -0.1) is 0 Å². The quantitative estimate of drug-likeness (QED) is 0.813. The number of amides is 1. The summed E-state index contributed by atoms with van der Waals surface area (Å²) < 4.78 is 10.4. The number of hydrogen-bond donors (Lipinski definition) is 1. The van der Waals surface area contributed by atoms with Gasteiger partial charge in [0.05, 0.1) is 6.10 Å². The van der Waals surface area contributed by atoms with Gasteiger partial charge in [0.15, 0.2) is 0 Å². The molecule has 0 aromatic heterocycles. The Kier molecular flexibility index (Phi) is 4.56. The van der Waals surface area contributed by atoms with Crippen molar-refractivity contribution in [2.45, 2.75) is 51.4 Å². The third-order valence-electron chi connectivity index (χ3n) is 2.80. The zero-order valence-electron chi connectivity index (χ0n) is 11.3. The van der Waals surface area contributed by atoms with Gasteiger partial charge in [-0.3, -0.25) is 4.90 Å². The molecule has 18 heavy (non-hydrogen) atoms. The molecular formula is C12H21NO5. The number of nitrogens with zero attached hydrogens (tertiary/aromatic N) is 1. The van der Waals surface area contributed by atoms with Crippen LogP contribution in [0.25, 0.3) is 0 Å². The smallest absolute Gasteiger partial charge is 0.411 e. The fourth-order valence-corrected chi connectivity index (χ4v) is 1.92. The topological polar surface area (TPSA) is 76.1 Å². The number of methoxy groups -OCH3 is 1. The zero-order chi connectivity index (χ0) is 13.9. The monoisotopic (exact) mass is 259 g/mol. The van der Waals surface area contributed by atoms with E-state index in [-0.39, 0.29) is 6.10 Å². The van der Waals surface area contributed by atoms with Crippen molar-refractivity contribution in [3.8, 4) is 0 Å². The third kappa shape index (κ3) is 3.87. The Balaban J connectivity index is 2.74. The van der Waals surface area contributed by atoms with Crippen LogP contribution in [0.4, 0.5) is 4.79 Å². The van der Waals surface area contributed by atoms with Crippen LogP contribution in [-0.2, 0) is 14.3 Å². The highest BCUT2D eigenvalue weighted by atomic mass is 16.6. The fourth-order valence-electron chi connectivity index (χ4n) is 1.92. The van der Waals surface area contributed by atoms with E-state index >= 15 is 0 Å². The van der Waals surface area contributed by atoms with Crippen molar-refractivity contribution in [2.24, 2.45) is 0 Å². The van der Waals surface area contributed by atoms with E-state index in [1.54, 1.807) is 27.9 Å². The van der Waals surface area contributed by atoms with Crippen LogP contribution in [0, 0.1) is 0 Å². The molecule has 0 radical (unpaired) electrons. The lowest BCUT2D eigenvalue weighted by molar-refractivity contribution is -0.146. The van der Waals surface area contributed by atoms with Crippen LogP contribution >= 0.6 is 0 Å². The van der Waals surface area contributed by atoms with Crippen LogP contribution in [-0.4, -0.2) is 53.5 Å². The molecule has 6 nitrogen and oxygen atoms in total. The fraction of sp³-hybridized carbons (Fsp3) is 0.833. The lowest BCUT2D eigenvalue weighted by Gasteiger charge is -2.37. The summed E-state index contributed by atoms with van der Waals surface area (Å²) in [7, 11) is 1.55. The summed E-state index contributed by atoms with van der Waals surface area (Å²) in [4.78, 5) is 24.4. The van der Waals surface area contributed by atoms with Gasteiger partial charge in [-0.25, -0.2) is 9.59 Å². The zero-order valence-corrected chi connectivity index (χ0v) is 11.3. The molecule has 2 atom stereocenters. The molecule has 0 spiro atoms. The first kappa shape index (κ1) is 14.8. The Morgan fingerprint density at radius 1 is 1.33 bits per heavy atom. The summed E-state index contributed by atoms with van der Waals surface area (Å²) in [5.41, 5.74) is -0.627. The van der Waals surface area contributed by atoms with E-state index in [1.165, 1.54) is 4.90 Å². The highest BCUT2D eigenvalue weighted by Gasteiger charge is 2.38. The summed E-state index contributed by atoms with van der Waals surface area (Å²) in [5, 5.41) is 9.16. The Morgan fingerprint density at radius 3 is 2.39 bits per heavy atom. The summed E-state index contributed by atoms with van der Waals surface area (Å²) in [6.07, 6.45) is 0.221. The lowest BCUT2D eigenvalue weighted by atomic mass is 10.00. The van der Waals surface area contributed by atoms with E-state index in [0.29, 0.717) is 19.4 Å². The second-order valence-electron chi connectivity index (χ2n) is 5.41. The number of hydrogen-bond acceptors (Lipinski definition) is 4. The minimum Gasteiger partial charge on any atom is -0.480 e. The summed E-state index contributed by atoms with van der Waals surface area (Å²) in [5.74, 6) is -1.03. The van der Waals surface area contributed by atoms with E-state index in [9.17, 15) is 9.59 Å². The van der Waals surface area contributed by atoms with E-state index in [0.717, 1.165) is 0 Å². The van der Waals surface area contributed by atoms with Crippen LogP contribution in [0.2, 0.25) is 0 Å². The van der Waals surface area contributed by atoms with Crippen LogP contribution in [0.1, 0.15) is 33.6 Å². The number of likely N-dealkylation sites (tertiary alicyclic amines) is 1. The van der Waals surface area contributed by atoms with Crippen LogP contribution < -0.4 is 0 Å². The van der Waals surface area contributed by atoms with Crippen molar-refractivity contribution in [1.82, 2.24) is 4.90 Å². The number of piperidine rings is 1. The predicted molar refractivity (Wildman–Crippen MR) is 64.4 cm³/mol. The van der Waals surface area contributed by atoms with Gasteiger partial charge in [-0.1, -0.05) is 0 Å². The van der Waals surface area contributed by atoms with Gasteiger partial charge in [0.25, 0.3) is 0 Å². The van der Waals surface area contributed by atoms with E-state index in [4.69, 9.17) is 14.6 Å². The molecule has 0 unspecified atom stereocenters. The number of ether oxygens (including phenoxy) is 2. The Morgan fingerprint density at radius 2 is 1.94 bits per heavy atom. The molecule has 1 aliphatic heterocycles. The molecule has 0 saturated carbocycles. The van der Waals surface area contributed by atoms with Crippen molar-refractivity contribution in [1.29, 1.82) is 0 Å². The van der Waals surface area contributed by atoms with E-state index in [1.807, 2.05) is 0 Å². The first-order chi connectivity index (χ1) is 8.24. The molecule has 1 N–H and O–H groups in total. The van der Waals surface area contributed by atoms with Gasteiger partial charge in [0.2, 0.25) is 0 Å². The third-order valence-corrected chi connectivity index (χ3v) is 2.80. The molecule has 1 amide bonds. The maximum Gasteiger partial charge on any atom is 0.411 e. The van der Waals surface area contributed by atoms with Crippen LogP contribution in [0.5, 0.6) is 0 Å². The first-order valence-corrected chi connectivity index (χ1v) is 6.00. The molecule has 0 bridgehead atoms. The number of carboxylic acids is 1. The Labute approximate surface area is 107 Å². The highest BCUT2D eigenvalue weighted by molar-refractivity contribution is 5.80. The van der Waals surface area contributed by atoms with Crippen molar-refractivity contribution in [3.05, 3.63) is 0 Å².